The molecular formula is C26H25Cl2N3O3S. The lowest BCUT2D eigenvalue weighted by molar-refractivity contribution is -0.123. The first-order chi connectivity index (χ1) is 16.9. The number of hydrogen-bond donors (Lipinski definition) is 2. The molecular weight excluding hydrogens is 505 g/mol. The van der Waals surface area contributed by atoms with Gasteiger partial charge in [0.15, 0.2) is 6.61 Å². The molecule has 0 unspecified atom stereocenters. The molecule has 3 aromatic carbocycles. The van der Waals surface area contributed by atoms with E-state index in [0.29, 0.717) is 21.5 Å². The van der Waals surface area contributed by atoms with Crippen LogP contribution in [0.1, 0.15) is 29.7 Å². The minimum atomic E-state index is -0.231. The molecule has 0 spiro atoms. The molecule has 0 fully saturated rings. The third-order valence-corrected chi connectivity index (χ3v) is 6.54. The van der Waals surface area contributed by atoms with Crippen LogP contribution in [0.25, 0.3) is 0 Å². The van der Waals surface area contributed by atoms with E-state index in [9.17, 15) is 9.59 Å². The van der Waals surface area contributed by atoms with Crippen LogP contribution in [0, 0.1) is 0 Å². The normalized spacial score (nSPS) is 11.7. The first kappa shape index (κ1) is 26.6. The number of nitrogens with one attached hydrogen (secondary N) is 2. The second-order valence-electron chi connectivity index (χ2n) is 7.54. The number of halogens is 2. The summed E-state index contributed by atoms with van der Waals surface area (Å²) in [5.74, 6) is 0.870. The second kappa shape index (κ2) is 13.8. The maximum Gasteiger partial charge on any atom is 0.258 e. The summed E-state index contributed by atoms with van der Waals surface area (Å²) in [4.78, 5) is 24.1. The Morgan fingerprint density at radius 3 is 2.34 bits per heavy atom. The molecule has 182 valence electrons. The van der Waals surface area contributed by atoms with Crippen molar-refractivity contribution in [2.75, 3.05) is 12.4 Å². The Bertz CT molecular complexity index is 1140. The summed E-state index contributed by atoms with van der Waals surface area (Å²) in [7, 11) is 0. The quantitative estimate of drug-likeness (QED) is 0.249. The Kier molecular flexibility index (Phi) is 10.5. The molecule has 3 aromatic rings. The lowest BCUT2D eigenvalue weighted by Gasteiger charge is -2.14. The Labute approximate surface area is 219 Å². The lowest BCUT2D eigenvalue weighted by atomic mass is 10.1. The topological polar surface area (TPSA) is 79.8 Å². The molecule has 0 aliphatic heterocycles. The molecule has 0 aliphatic carbocycles. The molecule has 0 aromatic heterocycles. The number of hydrogen-bond acceptors (Lipinski definition) is 5. The van der Waals surface area contributed by atoms with Crippen molar-refractivity contribution in [2.45, 2.75) is 18.7 Å². The van der Waals surface area contributed by atoms with Gasteiger partial charge in [-0.3, -0.25) is 9.59 Å². The van der Waals surface area contributed by atoms with Crippen molar-refractivity contribution in [2.24, 2.45) is 5.10 Å². The van der Waals surface area contributed by atoms with Gasteiger partial charge in [0.2, 0.25) is 5.91 Å². The largest absolute Gasteiger partial charge is 0.484 e. The second-order valence-corrected chi connectivity index (χ2v) is 9.34. The van der Waals surface area contributed by atoms with Crippen LogP contribution in [0.2, 0.25) is 10.0 Å². The van der Waals surface area contributed by atoms with Gasteiger partial charge in [-0.05, 0) is 60.0 Å². The molecule has 0 radical (unpaired) electrons. The van der Waals surface area contributed by atoms with Crippen LogP contribution in [0.5, 0.6) is 5.75 Å². The van der Waals surface area contributed by atoms with Crippen LogP contribution >= 0.6 is 35.0 Å². The fraction of sp³-hybridized carbons (Fsp3) is 0.192. The fourth-order valence-electron chi connectivity index (χ4n) is 3.03. The molecule has 0 saturated carbocycles. The van der Waals surface area contributed by atoms with Crippen molar-refractivity contribution in [1.82, 2.24) is 10.7 Å². The Balaban J connectivity index is 1.36. The maximum atomic E-state index is 12.1. The van der Waals surface area contributed by atoms with Crippen molar-refractivity contribution in [1.29, 1.82) is 0 Å². The van der Waals surface area contributed by atoms with Gasteiger partial charge >= 0.3 is 0 Å². The first-order valence-electron chi connectivity index (χ1n) is 10.8. The number of carbonyl (C=O) groups is 2. The number of ether oxygens (including phenoxy) is 1. The van der Waals surface area contributed by atoms with Gasteiger partial charge < -0.3 is 10.1 Å². The number of carbonyl (C=O) groups excluding carboxylic acids is 2. The van der Waals surface area contributed by atoms with Crippen molar-refractivity contribution in [3.05, 3.63) is 99.5 Å². The van der Waals surface area contributed by atoms with Crippen LogP contribution < -0.4 is 15.5 Å². The van der Waals surface area contributed by atoms with Gasteiger partial charge in [0, 0.05) is 15.8 Å². The van der Waals surface area contributed by atoms with E-state index in [2.05, 4.69) is 15.8 Å². The van der Waals surface area contributed by atoms with Gasteiger partial charge in [-0.15, -0.1) is 11.8 Å². The SMILES string of the molecule is C[C@@H](NC(=O)COc1ccc(/C=N\NC(=O)CSCc2c(Cl)cccc2Cl)cc1)c1ccccc1. The zero-order valence-corrected chi connectivity index (χ0v) is 21.4. The maximum absolute atomic E-state index is 12.1. The predicted molar refractivity (Wildman–Crippen MR) is 143 cm³/mol. The zero-order chi connectivity index (χ0) is 25.0. The summed E-state index contributed by atoms with van der Waals surface area (Å²) in [5, 5.41) is 8.04. The third-order valence-electron chi connectivity index (χ3n) is 4.87. The van der Waals surface area contributed by atoms with E-state index in [4.69, 9.17) is 27.9 Å². The number of thioether (sulfide) groups is 1. The van der Waals surface area contributed by atoms with E-state index < -0.39 is 0 Å². The summed E-state index contributed by atoms with van der Waals surface area (Å²) >= 11 is 13.7. The number of amides is 2. The molecule has 6 nitrogen and oxygen atoms in total. The van der Waals surface area contributed by atoms with Crippen LogP contribution in [0.4, 0.5) is 0 Å². The van der Waals surface area contributed by atoms with Crippen LogP contribution in [-0.4, -0.2) is 30.4 Å². The highest BCUT2D eigenvalue weighted by atomic mass is 35.5. The summed E-state index contributed by atoms with van der Waals surface area (Å²) in [6.45, 7) is 1.84. The summed E-state index contributed by atoms with van der Waals surface area (Å²) < 4.78 is 5.55. The average molecular weight is 530 g/mol. The predicted octanol–water partition coefficient (Wildman–Crippen LogP) is 5.63. The van der Waals surface area contributed by atoms with Gasteiger partial charge in [-0.2, -0.15) is 5.10 Å². The molecule has 3 rings (SSSR count). The minimum absolute atomic E-state index is 0.0856. The van der Waals surface area contributed by atoms with Gasteiger partial charge in [0.25, 0.3) is 5.91 Å². The molecule has 2 amide bonds. The standard InChI is InChI=1S/C26H25Cl2N3O3S/c1-18(20-6-3-2-4-7-20)30-25(32)15-34-21-12-10-19(11-13-21)14-29-31-26(33)17-35-16-22-23(27)8-5-9-24(22)28/h2-14,18H,15-17H2,1H3,(H,30,32)(H,31,33)/b29-14-/t18-/m1/s1. The minimum Gasteiger partial charge on any atom is -0.484 e. The van der Waals surface area contributed by atoms with Gasteiger partial charge in [-0.25, -0.2) is 5.43 Å². The smallest absolute Gasteiger partial charge is 0.258 e. The van der Waals surface area contributed by atoms with Gasteiger partial charge in [-0.1, -0.05) is 59.6 Å². The van der Waals surface area contributed by atoms with Gasteiger partial charge in [0.05, 0.1) is 18.0 Å². The molecule has 0 aliphatic rings. The Morgan fingerprint density at radius 1 is 0.971 bits per heavy atom. The number of hydrazone groups is 1. The highest BCUT2D eigenvalue weighted by Crippen LogP contribution is 2.28. The summed E-state index contributed by atoms with van der Waals surface area (Å²) in [5.41, 5.74) is 5.10. The molecule has 35 heavy (non-hydrogen) atoms. The van der Waals surface area contributed by atoms with Crippen molar-refractivity contribution >= 4 is 53.0 Å². The van der Waals surface area contributed by atoms with E-state index in [-0.39, 0.29) is 30.2 Å². The molecule has 0 saturated heterocycles. The molecule has 0 bridgehead atoms. The fourth-order valence-corrected chi connectivity index (χ4v) is 4.59. The molecule has 0 heterocycles. The van der Waals surface area contributed by atoms with Gasteiger partial charge in [0.1, 0.15) is 5.75 Å². The lowest BCUT2D eigenvalue weighted by Crippen LogP contribution is -2.31. The van der Waals surface area contributed by atoms with E-state index in [0.717, 1.165) is 16.7 Å². The highest BCUT2D eigenvalue weighted by molar-refractivity contribution is 7.99. The number of benzene rings is 3. The van der Waals surface area contributed by atoms with E-state index in [1.165, 1.54) is 18.0 Å². The first-order valence-corrected chi connectivity index (χ1v) is 12.7. The Morgan fingerprint density at radius 2 is 1.66 bits per heavy atom. The molecule has 2 N–H and O–H groups in total. The highest BCUT2D eigenvalue weighted by Gasteiger charge is 2.10. The van der Waals surface area contributed by atoms with E-state index >= 15 is 0 Å². The van der Waals surface area contributed by atoms with Crippen LogP contribution in [-0.2, 0) is 15.3 Å². The zero-order valence-electron chi connectivity index (χ0n) is 19.0. The average Bonchev–Trinajstić information content (AvgIpc) is 2.86. The van der Waals surface area contributed by atoms with Crippen molar-refractivity contribution in [3.8, 4) is 5.75 Å². The van der Waals surface area contributed by atoms with Crippen molar-refractivity contribution in [3.63, 3.8) is 0 Å². The van der Waals surface area contributed by atoms with Crippen molar-refractivity contribution < 1.29 is 14.3 Å². The number of rotatable bonds is 11. The summed E-state index contributed by atoms with van der Waals surface area (Å²) in [6.07, 6.45) is 1.53. The Hall–Kier alpha value is -3.00. The summed E-state index contributed by atoms with van der Waals surface area (Å²) in [6, 6.07) is 22.0. The third kappa shape index (κ3) is 8.94. The number of nitrogens with zero attached hydrogens (tertiary/aromatic N) is 1. The molecule has 1 atom stereocenters. The van der Waals surface area contributed by atoms with E-state index in [1.807, 2.05) is 37.3 Å². The van der Waals surface area contributed by atoms with E-state index in [1.54, 1.807) is 42.5 Å². The molecule has 9 heteroatoms. The van der Waals surface area contributed by atoms with Crippen LogP contribution in [0.15, 0.2) is 77.9 Å². The monoisotopic (exact) mass is 529 g/mol. The van der Waals surface area contributed by atoms with Crippen LogP contribution in [0.3, 0.4) is 0 Å².